The van der Waals surface area contributed by atoms with Crippen LogP contribution in [-0.4, -0.2) is 27.9 Å². The van der Waals surface area contributed by atoms with Crippen LogP contribution in [0.15, 0.2) is 0 Å². The standard InChI is InChI=1S/C11H20O2S/c1-9-5-4-6-10(7-9)11(12)8-14(2,3)13/h8-10H,4-7H2,1-3H3. The van der Waals surface area contributed by atoms with Crippen LogP contribution in [0.25, 0.3) is 0 Å². The van der Waals surface area contributed by atoms with Gasteiger partial charge in [0.05, 0.1) is 0 Å². The molecule has 0 spiro atoms. The van der Waals surface area contributed by atoms with Crippen molar-refractivity contribution in [1.29, 1.82) is 0 Å². The van der Waals surface area contributed by atoms with Crippen LogP contribution in [0.2, 0.25) is 0 Å². The molecule has 1 rings (SSSR count). The summed E-state index contributed by atoms with van der Waals surface area (Å²) in [6, 6.07) is 0. The minimum atomic E-state index is -2.01. The smallest absolute Gasteiger partial charge is 0.166 e. The van der Waals surface area contributed by atoms with Gasteiger partial charge in [-0.2, -0.15) is 0 Å². The average molecular weight is 216 g/mol. The number of hydrogen-bond acceptors (Lipinski definition) is 2. The fourth-order valence-corrected chi connectivity index (χ4v) is 2.82. The Labute approximate surface area is 87.1 Å². The predicted molar refractivity (Wildman–Crippen MR) is 62.2 cm³/mol. The van der Waals surface area contributed by atoms with Gasteiger partial charge in [0, 0.05) is 23.8 Å². The van der Waals surface area contributed by atoms with E-state index < -0.39 is 9.52 Å². The van der Waals surface area contributed by atoms with E-state index in [1.165, 1.54) is 11.8 Å². The third-order valence-corrected chi connectivity index (χ3v) is 3.54. The van der Waals surface area contributed by atoms with Crippen molar-refractivity contribution >= 4 is 20.7 Å². The van der Waals surface area contributed by atoms with Gasteiger partial charge in [-0.1, -0.05) is 19.8 Å². The van der Waals surface area contributed by atoms with Crippen LogP contribution in [0, 0.1) is 11.8 Å². The van der Waals surface area contributed by atoms with Crippen molar-refractivity contribution < 1.29 is 9.00 Å². The highest BCUT2D eigenvalue weighted by atomic mass is 32.2. The number of rotatable bonds is 2. The van der Waals surface area contributed by atoms with Gasteiger partial charge in [0.2, 0.25) is 0 Å². The molecule has 2 nitrogen and oxygen atoms in total. The minimum Gasteiger partial charge on any atom is -0.294 e. The van der Waals surface area contributed by atoms with Crippen molar-refractivity contribution in [2.45, 2.75) is 32.6 Å². The second kappa shape index (κ2) is 4.47. The molecule has 0 aromatic heterocycles. The largest absolute Gasteiger partial charge is 0.294 e. The Hall–Kier alpha value is -0.310. The maximum atomic E-state index is 11.7. The molecular weight excluding hydrogens is 196 g/mol. The van der Waals surface area contributed by atoms with Crippen LogP contribution in [-0.2, 0) is 14.3 Å². The molecule has 0 N–H and O–H groups in total. The molecule has 82 valence electrons. The van der Waals surface area contributed by atoms with E-state index in [0.29, 0.717) is 5.92 Å². The van der Waals surface area contributed by atoms with Crippen molar-refractivity contribution in [2.24, 2.45) is 11.8 Å². The van der Waals surface area contributed by atoms with E-state index >= 15 is 0 Å². The summed E-state index contributed by atoms with van der Waals surface area (Å²) in [5.41, 5.74) is 0. The second-order valence-corrected chi connectivity index (χ2v) is 7.65. The first-order valence-electron chi connectivity index (χ1n) is 5.21. The number of Topliss-reactive ketones (excluding diaryl/α,β-unsaturated/α-hetero) is 1. The first-order valence-corrected chi connectivity index (χ1v) is 7.65. The molecule has 0 aromatic carbocycles. The van der Waals surface area contributed by atoms with Gasteiger partial charge in [-0.15, -0.1) is 0 Å². The summed E-state index contributed by atoms with van der Waals surface area (Å²) in [6.07, 6.45) is 7.58. The van der Waals surface area contributed by atoms with Gasteiger partial charge in [0.1, 0.15) is 0 Å². The quantitative estimate of drug-likeness (QED) is 0.659. The summed E-state index contributed by atoms with van der Waals surface area (Å²) >= 11 is 0. The zero-order valence-corrected chi connectivity index (χ0v) is 10.1. The lowest BCUT2D eigenvalue weighted by Crippen LogP contribution is -2.24. The van der Waals surface area contributed by atoms with Crippen molar-refractivity contribution in [3.63, 3.8) is 0 Å². The Morgan fingerprint density at radius 1 is 1.36 bits per heavy atom. The summed E-state index contributed by atoms with van der Waals surface area (Å²) in [6.45, 7) is 2.19. The maximum Gasteiger partial charge on any atom is 0.166 e. The third-order valence-electron chi connectivity index (χ3n) is 2.74. The minimum absolute atomic E-state index is 0.103. The van der Waals surface area contributed by atoms with Crippen LogP contribution in [0.3, 0.4) is 0 Å². The Balaban J connectivity index is 2.66. The molecule has 1 aliphatic carbocycles. The topological polar surface area (TPSA) is 34.1 Å². The summed E-state index contributed by atoms with van der Waals surface area (Å²) in [5.74, 6) is 0.891. The average Bonchev–Trinajstić information content (AvgIpc) is 2.01. The summed E-state index contributed by atoms with van der Waals surface area (Å²) < 4.78 is 11.4. The molecule has 2 unspecified atom stereocenters. The van der Waals surface area contributed by atoms with Crippen molar-refractivity contribution in [2.75, 3.05) is 12.5 Å². The van der Waals surface area contributed by atoms with Crippen molar-refractivity contribution in [3.05, 3.63) is 0 Å². The van der Waals surface area contributed by atoms with E-state index in [-0.39, 0.29) is 11.7 Å². The summed E-state index contributed by atoms with van der Waals surface area (Å²) in [4.78, 5) is 11.7. The molecule has 2 atom stereocenters. The van der Waals surface area contributed by atoms with Gasteiger partial charge in [-0.25, -0.2) is 0 Å². The molecular formula is C11H20O2S. The van der Waals surface area contributed by atoms with Crippen LogP contribution in [0.4, 0.5) is 0 Å². The van der Waals surface area contributed by atoms with E-state index in [1.807, 2.05) is 0 Å². The SMILES string of the molecule is CC1CCCC(C(=O)C=S(C)(C)=O)C1. The molecule has 3 heteroatoms. The number of ketones is 1. The van der Waals surface area contributed by atoms with E-state index in [9.17, 15) is 9.00 Å². The predicted octanol–water partition coefficient (Wildman–Crippen LogP) is 1.73. The first-order chi connectivity index (χ1) is 6.38. The van der Waals surface area contributed by atoms with Crippen LogP contribution in [0.5, 0.6) is 0 Å². The molecule has 1 saturated carbocycles. The van der Waals surface area contributed by atoms with Crippen LogP contribution < -0.4 is 0 Å². The number of carbonyl (C=O) groups is 1. The van der Waals surface area contributed by atoms with Gasteiger partial charge in [0.25, 0.3) is 0 Å². The Bertz CT molecular complexity index is 316. The van der Waals surface area contributed by atoms with E-state index in [0.717, 1.165) is 19.3 Å². The number of carbonyl (C=O) groups excluding carboxylic acids is 1. The van der Waals surface area contributed by atoms with E-state index in [4.69, 9.17) is 0 Å². The zero-order valence-electron chi connectivity index (χ0n) is 9.29. The van der Waals surface area contributed by atoms with Gasteiger partial charge >= 0.3 is 0 Å². The lowest BCUT2D eigenvalue weighted by molar-refractivity contribution is -0.117. The Morgan fingerprint density at radius 3 is 2.50 bits per heavy atom. The van der Waals surface area contributed by atoms with Gasteiger partial charge in [0.15, 0.2) is 5.78 Å². The molecule has 0 heterocycles. The maximum absolute atomic E-state index is 11.7. The van der Waals surface area contributed by atoms with Crippen LogP contribution in [0.1, 0.15) is 32.6 Å². The monoisotopic (exact) mass is 216 g/mol. The van der Waals surface area contributed by atoms with Gasteiger partial charge in [-0.05, 0) is 28.3 Å². The van der Waals surface area contributed by atoms with Gasteiger partial charge < -0.3 is 0 Å². The lowest BCUT2D eigenvalue weighted by Gasteiger charge is -2.24. The van der Waals surface area contributed by atoms with Crippen molar-refractivity contribution in [3.8, 4) is 0 Å². The zero-order chi connectivity index (χ0) is 10.8. The normalized spacial score (nSPS) is 28.5. The highest BCUT2D eigenvalue weighted by Gasteiger charge is 2.23. The Kier molecular flexibility index (Phi) is 3.76. The fourth-order valence-electron chi connectivity index (χ4n) is 2.07. The summed E-state index contributed by atoms with van der Waals surface area (Å²) in [5, 5.41) is 1.44. The second-order valence-electron chi connectivity index (χ2n) is 4.80. The number of hydrogen-bond donors (Lipinski definition) is 0. The molecule has 1 aliphatic rings. The molecule has 14 heavy (non-hydrogen) atoms. The highest BCUT2D eigenvalue weighted by molar-refractivity contribution is 8.01. The Morgan fingerprint density at radius 2 is 2.00 bits per heavy atom. The summed E-state index contributed by atoms with van der Waals surface area (Å²) in [7, 11) is -2.01. The van der Waals surface area contributed by atoms with Gasteiger partial charge in [-0.3, -0.25) is 9.00 Å². The van der Waals surface area contributed by atoms with Crippen LogP contribution >= 0.6 is 0 Å². The molecule has 0 saturated heterocycles. The van der Waals surface area contributed by atoms with E-state index in [2.05, 4.69) is 6.92 Å². The third kappa shape index (κ3) is 3.82. The highest BCUT2D eigenvalue weighted by Crippen LogP contribution is 2.28. The first kappa shape index (κ1) is 11.8. The molecule has 1 fully saturated rings. The molecule has 0 radical (unpaired) electrons. The molecule has 0 aliphatic heterocycles. The fraction of sp³-hybridized carbons (Fsp3) is 0.818. The molecule has 0 amide bonds. The van der Waals surface area contributed by atoms with Crippen molar-refractivity contribution in [1.82, 2.24) is 0 Å². The molecule has 0 bridgehead atoms. The lowest BCUT2D eigenvalue weighted by atomic mass is 9.81. The molecule has 0 aromatic rings. The van der Waals surface area contributed by atoms with E-state index in [1.54, 1.807) is 12.5 Å².